The first-order valence-corrected chi connectivity index (χ1v) is 3.57. The van der Waals surface area contributed by atoms with Crippen LogP contribution in [0.2, 0.25) is 0 Å². The normalized spacial score (nSPS) is 27.9. The van der Waals surface area contributed by atoms with Gasteiger partial charge in [0.25, 0.3) is 0 Å². The molecule has 0 aromatic carbocycles. The highest BCUT2D eigenvalue weighted by atomic mass is 19.4. The van der Waals surface area contributed by atoms with Crippen molar-refractivity contribution in [3.05, 3.63) is 0 Å². The fraction of sp³-hybridized carbons (Fsp3) is 0.833. The number of hydrogen-bond donors (Lipinski definition) is 1. The number of carbonyl (C=O) groups excluding carboxylic acids is 1. The molecule has 0 saturated heterocycles. The average molecular weight is 199 g/mol. The van der Waals surface area contributed by atoms with Gasteiger partial charge < -0.3 is 10.5 Å². The monoisotopic (exact) mass is 199 g/mol. The molecule has 0 aromatic rings. The summed E-state index contributed by atoms with van der Waals surface area (Å²) in [7, 11) is 0. The van der Waals surface area contributed by atoms with Gasteiger partial charge in [-0.3, -0.25) is 4.74 Å². The van der Waals surface area contributed by atoms with E-state index in [1.54, 1.807) is 0 Å². The molecule has 76 valence electrons. The molecule has 2 N–H and O–H groups in total. The third-order valence-electron chi connectivity index (χ3n) is 1.63. The number of alkyl halides is 3. The van der Waals surface area contributed by atoms with E-state index in [-0.39, 0.29) is 12.8 Å². The zero-order chi connectivity index (χ0) is 10.1. The zero-order valence-corrected chi connectivity index (χ0v) is 6.50. The Bertz CT molecular complexity index is 200. The molecular formula is C6H8F3NO3. The topological polar surface area (TPSA) is 61.6 Å². The highest BCUT2D eigenvalue weighted by Crippen LogP contribution is 2.31. The molecule has 0 unspecified atom stereocenters. The minimum Gasteiger partial charge on any atom is -0.446 e. The summed E-state index contributed by atoms with van der Waals surface area (Å²) in [5.74, 6) is 0. The van der Waals surface area contributed by atoms with Crippen LogP contribution in [0, 0.1) is 0 Å². The van der Waals surface area contributed by atoms with Crippen LogP contribution in [-0.4, -0.2) is 24.7 Å². The third-order valence-corrected chi connectivity index (χ3v) is 1.63. The SMILES string of the molecule is NC(=O)O[C@H]1C[C@@H](OC(F)(F)F)C1. The molecule has 0 aromatic heterocycles. The Labute approximate surface area is 71.8 Å². The molecule has 7 heteroatoms. The second kappa shape index (κ2) is 3.41. The predicted molar refractivity (Wildman–Crippen MR) is 34.6 cm³/mol. The van der Waals surface area contributed by atoms with E-state index >= 15 is 0 Å². The Morgan fingerprint density at radius 2 is 1.85 bits per heavy atom. The quantitative estimate of drug-likeness (QED) is 0.725. The van der Waals surface area contributed by atoms with Gasteiger partial charge in [0, 0.05) is 12.8 Å². The highest BCUT2D eigenvalue weighted by Gasteiger charge is 2.41. The Balaban J connectivity index is 2.15. The van der Waals surface area contributed by atoms with E-state index in [9.17, 15) is 18.0 Å². The lowest BCUT2D eigenvalue weighted by molar-refractivity contribution is -0.355. The summed E-state index contributed by atoms with van der Waals surface area (Å²) < 4.78 is 42.8. The predicted octanol–water partition coefficient (Wildman–Crippen LogP) is 1.15. The van der Waals surface area contributed by atoms with Gasteiger partial charge in [0.2, 0.25) is 0 Å². The average Bonchev–Trinajstić information content (AvgIpc) is 1.78. The van der Waals surface area contributed by atoms with Gasteiger partial charge in [-0.05, 0) is 0 Å². The van der Waals surface area contributed by atoms with E-state index in [1.807, 2.05) is 0 Å². The second-order valence-corrected chi connectivity index (χ2v) is 2.72. The van der Waals surface area contributed by atoms with Crippen LogP contribution >= 0.6 is 0 Å². The molecule has 0 atom stereocenters. The smallest absolute Gasteiger partial charge is 0.446 e. The molecule has 1 aliphatic rings. The van der Waals surface area contributed by atoms with Crippen molar-refractivity contribution in [2.45, 2.75) is 31.4 Å². The lowest BCUT2D eigenvalue weighted by Crippen LogP contribution is -2.42. The third kappa shape index (κ3) is 3.49. The van der Waals surface area contributed by atoms with Crippen molar-refractivity contribution in [1.82, 2.24) is 0 Å². The van der Waals surface area contributed by atoms with Crippen molar-refractivity contribution >= 4 is 6.09 Å². The van der Waals surface area contributed by atoms with E-state index in [2.05, 4.69) is 15.2 Å². The van der Waals surface area contributed by atoms with Gasteiger partial charge in [0.15, 0.2) is 0 Å². The molecule has 1 rings (SSSR count). The number of nitrogens with two attached hydrogens (primary N) is 1. The Hall–Kier alpha value is -0.980. The maximum absolute atomic E-state index is 11.6. The van der Waals surface area contributed by atoms with Crippen LogP contribution in [0.25, 0.3) is 0 Å². The van der Waals surface area contributed by atoms with Gasteiger partial charge in [-0.2, -0.15) is 0 Å². The molecule has 0 heterocycles. The maximum atomic E-state index is 11.6. The molecule has 1 amide bonds. The first kappa shape index (κ1) is 10.1. The van der Waals surface area contributed by atoms with Crippen molar-refractivity contribution < 1.29 is 27.4 Å². The Kier molecular flexibility index (Phi) is 2.65. The van der Waals surface area contributed by atoms with E-state index in [0.717, 1.165) is 0 Å². The number of hydrogen-bond acceptors (Lipinski definition) is 3. The van der Waals surface area contributed by atoms with Gasteiger partial charge >= 0.3 is 12.5 Å². The van der Waals surface area contributed by atoms with E-state index in [1.165, 1.54) is 0 Å². The minimum atomic E-state index is -4.62. The van der Waals surface area contributed by atoms with Crippen LogP contribution in [0.4, 0.5) is 18.0 Å². The van der Waals surface area contributed by atoms with Gasteiger partial charge in [0.05, 0.1) is 6.10 Å². The van der Waals surface area contributed by atoms with Crippen LogP contribution in [0.15, 0.2) is 0 Å². The number of ether oxygens (including phenoxy) is 2. The standard InChI is InChI=1S/C6H8F3NO3/c7-6(8,9)13-4-1-3(2-4)12-5(10)11/h3-4H,1-2H2,(H2,10,11)/t3-,4+. The van der Waals surface area contributed by atoms with E-state index in [4.69, 9.17) is 0 Å². The van der Waals surface area contributed by atoms with Gasteiger partial charge in [-0.25, -0.2) is 4.79 Å². The lowest BCUT2D eigenvalue weighted by atomic mass is 9.92. The Morgan fingerprint density at radius 3 is 2.23 bits per heavy atom. The lowest BCUT2D eigenvalue weighted by Gasteiger charge is -2.33. The summed E-state index contributed by atoms with van der Waals surface area (Å²) in [5, 5.41) is 0. The van der Waals surface area contributed by atoms with Crippen LogP contribution in [-0.2, 0) is 9.47 Å². The molecule has 0 bridgehead atoms. The van der Waals surface area contributed by atoms with E-state index < -0.39 is 24.7 Å². The molecule has 4 nitrogen and oxygen atoms in total. The van der Waals surface area contributed by atoms with Crippen LogP contribution in [0.5, 0.6) is 0 Å². The molecule has 0 spiro atoms. The minimum absolute atomic E-state index is 0.0441. The molecule has 1 fully saturated rings. The number of rotatable bonds is 2. The van der Waals surface area contributed by atoms with Gasteiger partial charge in [-0.1, -0.05) is 0 Å². The number of carbonyl (C=O) groups is 1. The van der Waals surface area contributed by atoms with Gasteiger partial charge in [-0.15, -0.1) is 13.2 Å². The van der Waals surface area contributed by atoms with Crippen molar-refractivity contribution in [1.29, 1.82) is 0 Å². The molecular weight excluding hydrogens is 191 g/mol. The molecule has 0 radical (unpaired) electrons. The summed E-state index contributed by atoms with van der Waals surface area (Å²) in [5.41, 5.74) is 4.65. The summed E-state index contributed by atoms with van der Waals surface area (Å²) >= 11 is 0. The van der Waals surface area contributed by atoms with E-state index in [0.29, 0.717) is 0 Å². The summed E-state index contributed by atoms with van der Waals surface area (Å²) in [6.45, 7) is 0. The fourth-order valence-electron chi connectivity index (χ4n) is 1.06. The first-order valence-electron chi connectivity index (χ1n) is 3.57. The van der Waals surface area contributed by atoms with Crippen molar-refractivity contribution in [2.24, 2.45) is 5.73 Å². The van der Waals surface area contributed by atoms with Crippen molar-refractivity contribution in [2.75, 3.05) is 0 Å². The maximum Gasteiger partial charge on any atom is 0.522 e. The molecule has 1 saturated carbocycles. The Morgan fingerprint density at radius 1 is 1.31 bits per heavy atom. The molecule has 1 aliphatic carbocycles. The van der Waals surface area contributed by atoms with Crippen molar-refractivity contribution in [3.8, 4) is 0 Å². The molecule has 0 aliphatic heterocycles. The highest BCUT2D eigenvalue weighted by molar-refractivity contribution is 5.64. The summed E-state index contributed by atoms with van der Waals surface area (Å²) in [6.07, 6.45) is -6.96. The fourth-order valence-corrected chi connectivity index (χ4v) is 1.06. The first-order chi connectivity index (χ1) is 5.87. The largest absolute Gasteiger partial charge is 0.522 e. The number of amides is 1. The second-order valence-electron chi connectivity index (χ2n) is 2.72. The van der Waals surface area contributed by atoms with Crippen LogP contribution in [0.3, 0.4) is 0 Å². The van der Waals surface area contributed by atoms with Crippen molar-refractivity contribution in [3.63, 3.8) is 0 Å². The van der Waals surface area contributed by atoms with Crippen LogP contribution in [0.1, 0.15) is 12.8 Å². The number of primary amides is 1. The summed E-state index contributed by atoms with van der Waals surface area (Å²) in [4.78, 5) is 10.1. The van der Waals surface area contributed by atoms with Crippen LogP contribution < -0.4 is 5.73 Å². The zero-order valence-electron chi connectivity index (χ0n) is 6.50. The molecule has 13 heavy (non-hydrogen) atoms. The summed E-state index contributed by atoms with van der Waals surface area (Å²) in [6, 6.07) is 0. The number of halogens is 3. The van der Waals surface area contributed by atoms with Gasteiger partial charge in [0.1, 0.15) is 6.10 Å².